The molecule has 1 saturated carbocycles. The van der Waals surface area contributed by atoms with Crippen molar-refractivity contribution in [1.82, 2.24) is 15.3 Å². The van der Waals surface area contributed by atoms with E-state index in [1.807, 2.05) is 0 Å². The first-order chi connectivity index (χ1) is 8.92. The van der Waals surface area contributed by atoms with Gasteiger partial charge in [-0.2, -0.15) is 0 Å². The molecule has 0 atom stereocenters. The molecule has 4 heteroatoms. The smallest absolute Gasteiger partial charge is 0.216 e. The van der Waals surface area contributed by atoms with Crippen LogP contribution >= 0.6 is 0 Å². The van der Waals surface area contributed by atoms with Crippen LogP contribution in [0, 0.1) is 0 Å². The zero-order valence-electron chi connectivity index (χ0n) is 10.8. The van der Waals surface area contributed by atoms with Crippen LogP contribution < -0.4 is 10.1 Å². The normalized spacial score (nSPS) is 22.2. The van der Waals surface area contributed by atoms with Crippen LogP contribution in [0.25, 0.3) is 0 Å². The van der Waals surface area contributed by atoms with Gasteiger partial charge in [0.1, 0.15) is 12.4 Å². The van der Waals surface area contributed by atoms with E-state index in [4.69, 9.17) is 4.74 Å². The molecule has 2 aliphatic rings. The summed E-state index contributed by atoms with van der Waals surface area (Å²) in [5.41, 5.74) is 1.17. The predicted octanol–water partition coefficient (Wildman–Crippen LogP) is 2.27. The lowest BCUT2D eigenvalue weighted by Crippen LogP contribution is -2.34. The van der Waals surface area contributed by atoms with Crippen molar-refractivity contribution in [1.29, 1.82) is 0 Å². The van der Waals surface area contributed by atoms with Gasteiger partial charge in [0.15, 0.2) is 0 Å². The van der Waals surface area contributed by atoms with Crippen molar-refractivity contribution >= 4 is 0 Å². The third kappa shape index (κ3) is 2.80. The van der Waals surface area contributed by atoms with Gasteiger partial charge in [-0.05, 0) is 38.8 Å². The van der Waals surface area contributed by atoms with Crippen LogP contribution in [0.2, 0.25) is 0 Å². The summed E-state index contributed by atoms with van der Waals surface area (Å²) in [4.78, 5) is 8.66. The molecule has 0 aromatic carbocycles. The lowest BCUT2D eigenvalue weighted by Gasteiger charge is -2.23. The highest BCUT2D eigenvalue weighted by Crippen LogP contribution is 2.33. The molecule has 2 fully saturated rings. The van der Waals surface area contributed by atoms with Gasteiger partial charge in [0.2, 0.25) is 5.88 Å². The van der Waals surface area contributed by atoms with Crippen LogP contribution in [-0.2, 0) is 0 Å². The summed E-state index contributed by atoms with van der Waals surface area (Å²) in [5.74, 6) is 1.39. The highest BCUT2D eigenvalue weighted by Gasteiger charge is 2.20. The maximum Gasteiger partial charge on any atom is 0.216 e. The zero-order chi connectivity index (χ0) is 12.2. The molecule has 0 amide bonds. The fraction of sp³-hybridized carbons (Fsp3) is 0.714. The van der Waals surface area contributed by atoms with Gasteiger partial charge in [0.25, 0.3) is 0 Å². The van der Waals surface area contributed by atoms with E-state index in [1.165, 1.54) is 31.4 Å². The first kappa shape index (κ1) is 11.9. The molecule has 1 saturated heterocycles. The van der Waals surface area contributed by atoms with Gasteiger partial charge in [0, 0.05) is 12.0 Å². The van der Waals surface area contributed by atoms with Gasteiger partial charge < -0.3 is 10.1 Å². The fourth-order valence-corrected chi connectivity index (χ4v) is 2.95. The van der Waals surface area contributed by atoms with E-state index < -0.39 is 0 Å². The molecule has 0 radical (unpaired) electrons. The minimum Gasteiger partial charge on any atom is -0.474 e. The summed E-state index contributed by atoms with van der Waals surface area (Å²) < 4.78 is 5.96. The van der Waals surface area contributed by atoms with Crippen molar-refractivity contribution in [3.63, 3.8) is 0 Å². The summed E-state index contributed by atoms with van der Waals surface area (Å²) >= 11 is 0. The van der Waals surface area contributed by atoms with E-state index in [-0.39, 0.29) is 0 Å². The Morgan fingerprint density at radius 1 is 1.06 bits per heavy atom. The number of hydrogen-bond donors (Lipinski definition) is 1. The zero-order valence-corrected chi connectivity index (χ0v) is 10.8. The number of ether oxygens (including phenoxy) is 1. The van der Waals surface area contributed by atoms with Crippen LogP contribution in [0.1, 0.15) is 50.1 Å². The van der Waals surface area contributed by atoms with E-state index in [2.05, 4.69) is 21.4 Å². The van der Waals surface area contributed by atoms with Crippen molar-refractivity contribution in [2.75, 3.05) is 13.1 Å². The third-order valence-corrected chi connectivity index (χ3v) is 4.01. The molecular formula is C14H21N3O. The second kappa shape index (κ2) is 5.65. The van der Waals surface area contributed by atoms with E-state index in [9.17, 15) is 0 Å². The Balaban J connectivity index is 1.66. The topological polar surface area (TPSA) is 47.0 Å². The SMILES string of the molecule is c1nc(OC2CCNCC2)cc(C2CCCC2)n1. The molecule has 0 unspecified atom stereocenters. The Morgan fingerprint density at radius 3 is 2.61 bits per heavy atom. The van der Waals surface area contributed by atoms with Gasteiger partial charge in [-0.1, -0.05) is 12.8 Å². The molecule has 1 aromatic rings. The van der Waals surface area contributed by atoms with Gasteiger partial charge in [-0.15, -0.1) is 0 Å². The van der Waals surface area contributed by atoms with E-state index in [1.54, 1.807) is 6.33 Å². The highest BCUT2D eigenvalue weighted by molar-refractivity contribution is 5.18. The molecule has 1 N–H and O–H groups in total. The van der Waals surface area contributed by atoms with E-state index in [0.717, 1.165) is 31.8 Å². The summed E-state index contributed by atoms with van der Waals surface area (Å²) in [6, 6.07) is 2.05. The average molecular weight is 247 g/mol. The molecule has 98 valence electrons. The number of nitrogens with zero attached hydrogens (tertiary/aromatic N) is 2. The minimum atomic E-state index is 0.317. The van der Waals surface area contributed by atoms with Crippen LogP contribution in [0.3, 0.4) is 0 Å². The molecule has 3 rings (SSSR count). The average Bonchev–Trinajstić information content (AvgIpc) is 2.94. The van der Waals surface area contributed by atoms with Gasteiger partial charge in [-0.25, -0.2) is 9.97 Å². The summed E-state index contributed by atoms with van der Waals surface area (Å²) in [6.07, 6.45) is 9.32. The molecule has 1 aromatic heterocycles. The minimum absolute atomic E-state index is 0.317. The Morgan fingerprint density at radius 2 is 1.83 bits per heavy atom. The second-order valence-corrected chi connectivity index (χ2v) is 5.33. The van der Waals surface area contributed by atoms with Crippen molar-refractivity contribution in [2.24, 2.45) is 0 Å². The van der Waals surface area contributed by atoms with Gasteiger partial charge >= 0.3 is 0 Å². The van der Waals surface area contributed by atoms with Gasteiger partial charge in [-0.3, -0.25) is 0 Å². The second-order valence-electron chi connectivity index (χ2n) is 5.33. The van der Waals surface area contributed by atoms with Crippen molar-refractivity contribution in [3.05, 3.63) is 18.1 Å². The molecule has 1 aliphatic carbocycles. The number of nitrogens with one attached hydrogen (secondary N) is 1. The lowest BCUT2D eigenvalue weighted by molar-refractivity contribution is 0.155. The molecule has 4 nitrogen and oxygen atoms in total. The standard InChI is InChI=1S/C14H21N3O/c1-2-4-11(3-1)13-9-14(17-10-16-13)18-12-5-7-15-8-6-12/h9-12,15H,1-8H2. The monoisotopic (exact) mass is 247 g/mol. The maximum absolute atomic E-state index is 5.96. The largest absolute Gasteiger partial charge is 0.474 e. The van der Waals surface area contributed by atoms with Crippen molar-refractivity contribution in [3.8, 4) is 5.88 Å². The van der Waals surface area contributed by atoms with Crippen molar-refractivity contribution in [2.45, 2.75) is 50.5 Å². The van der Waals surface area contributed by atoms with E-state index >= 15 is 0 Å². The predicted molar refractivity (Wildman–Crippen MR) is 69.8 cm³/mol. The Bertz CT molecular complexity index is 384. The Hall–Kier alpha value is -1.16. The molecule has 1 aliphatic heterocycles. The fourth-order valence-electron chi connectivity index (χ4n) is 2.95. The summed E-state index contributed by atoms with van der Waals surface area (Å²) in [5, 5.41) is 3.34. The first-order valence-electron chi connectivity index (χ1n) is 7.11. The number of hydrogen-bond acceptors (Lipinski definition) is 4. The molecule has 2 heterocycles. The first-order valence-corrected chi connectivity index (χ1v) is 7.11. The molecular weight excluding hydrogens is 226 g/mol. The lowest BCUT2D eigenvalue weighted by atomic mass is 10.0. The Labute approximate surface area is 108 Å². The number of piperidine rings is 1. The molecule has 0 spiro atoms. The van der Waals surface area contributed by atoms with Crippen LogP contribution in [0.5, 0.6) is 5.88 Å². The Kier molecular flexibility index (Phi) is 3.74. The van der Waals surface area contributed by atoms with Crippen LogP contribution in [0.4, 0.5) is 0 Å². The quantitative estimate of drug-likeness (QED) is 0.890. The van der Waals surface area contributed by atoms with Gasteiger partial charge in [0.05, 0.1) is 5.69 Å². The molecule has 0 bridgehead atoms. The molecule has 18 heavy (non-hydrogen) atoms. The van der Waals surface area contributed by atoms with E-state index in [0.29, 0.717) is 12.0 Å². The summed E-state index contributed by atoms with van der Waals surface area (Å²) in [6.45, 7) is 2.09. The highest BCUT2D eigenvalue weighted by atomic mass is 16.5. The van der Waals surface area contributed by atoms with Crippen LogP contribution in [0.15, 0.2) is 12.4 Å². The van der Waals surface area contributed by atoms with Crippen LogP contribution in [-0.4, -0.2) is 29.2 Å². The third-order valence-electron chi connectivity index (χ3n) is 4.01. The van der Waals surface area contributed by atoms with Crippen molar-refractivity contribution < 1.29 is 4.74 Å². The number of aromatic nitrogens is 2. The maximum atomic E-state index is 5.96. The summed E-state index contributed by atoms with van der Waals surface area (Å²) in [7, 11) is 0. The number of rotatable bonds is 3.